The van der Waals surface area contributed by atoms with Crippen molar-refractivity contribution in [2.24, 2.45) is 4.99 Å². The van der Waals surface area contributed by atoms with Crippen molar-refractivity contribution < 1.29 is 14.3 Å². The van der Waals surface area contributed by atoms with Gasteiger partial charge >= 0.3 is 6.09 Å². The van der Waals surface area contributed by atoms with E-state index >= 15 is 0 Å². The summed E-state index contributed by atoms with van der Waals surface area (Å²) in [6, 6.07) is 0.0108. The molecule has 0 aromatic rings. The number of amides is 1. The van der Waals surface area contributed by atoms with Gasteiger partial charge in [0.25, 0.3) is 0 Å². The normalized spacial score (nSPS) is 10.9. The van der Waals surface area contributed by atoms with Gasteiger partial charge in [0.05, 0.1) is 6.54 Å². The summed E-state index contributed by atoms with van der Waals surface area (Å²) < 4.78 is 5.24. The first-order valence-electron chi connectivity index (χ1n) is 5.31. The molecule has 0 aliphatic heterocycles. The largest absolute Gasteiger partial charge is 0.444 e. The molecule has 0 saturated heterocycles. The lowest BCUT2D eigenvalue weighted by Crippen LogP contribution is -2.42. The van der Waals surface area contributed by atoms with Crippen LogP contribution in [0.25, 0.3) is 0 Å². The minimum atomic E-state index is -0.516. The van der Waals surface area contributed by atoms with E-state index in [9.17, 15) is 9.59 Å². The Balaban J connectivity index is 4.41. The molecule has 0 unspecified atom stereocenters. The molecule has 0 rings (SSSR count). The van der Waals surface area contributed by atoms with Crippen LogP contribution in [-0.2, 0) is 9.53 Å². The second-order valence-corrected chi connectivity index (χ2v) is 4.74. The van der Waals surface area contributed by atoms with E-state index in [2.05, 4.69) is 4.99 Å². The number of carbonyl (C=O) groups excluding carboxylic acids is 2. The maximum Gasteiger partial charge on any atom is 0.410 e. The third-order valence-electron chi connectivity index (χ3n) is 1.77. The van der Waals surface area contributed by atoms with Gasteiger partial charge in [-0.2, -0.15) is 0 Å². The van der Waals surface area contributed by atoms with Gasteiger partial charge < -0.3 is 9.64 Å². The smallest absolute Gasteiger partial charge is 0.410 e. The molecule has 0 fully saturated rings. The maximum atomic E-state index is 11.8. The van der Waals surface area contributed by atoms with Crippen LogP contribution in [0.3, 0.4) is 0 Å². The lowest BCUT2D eigenvalue weighted by atomic mass is 10.2. The lowest BCUT2D eigenvalue weighted by Gasteiger charge is -2.29. The average Bonchev–Trinajstić information content (AvgIpc) is 2.08. The number of nitrogens with zero attached hydrogens (tertiary/aromatic N) is 2. The molecule has 0 aromatic carbocycles. The van der Waals surface area contributed by atoms with Crippen LogP contribution < -0.4 is 0 Å². The summed E-state index contributed by atoms with van der Waals surface area (Å²) in [5, 5.41) is 0. The van der Waals surface area contributed by atoms with Crippen LogP contribution in [0.4, 0.5) is 4.79 Å². The van der Waals surface area contributed by atoms with E-state index in [1.54, 1.807) is 0 Å². The zero-order chi connectivity index (χ0) is 12.8. The molecule has 0 aromatic heterocycles. The first kappa shape index (κ1) is 14.6. The summed E-state index contributed by atoms with van der Waals surface area (Å²) in [5.74, 6) is 0. The fraction of sp³-hybridized carbons (Fsp3) is 0.818. The van der Waals surface area contributed by atoms with E-state index in [-0.39, 0.29) is 18.7 Å². The molecule has 0 atom stereocenters. The molecule has 0 aliphatic carbocycles. The summed E-state index contributed by atoms with van der Waals surface area (Å²) in [7, 11) is 0. The van der Waals surface area contributed by atoms with Crippen molar-refractivity contribution in [1.29, 1.82) is 0 Å². The Morgan fingerprint density at radius 3 is 2.38 bits per heavy atom. The highest BCUT2D eigenvalue weighted by Crippen LogP contribution is 2.11. The van der Waals surface area contributed by atoms with Crippen molar-refractivity contribution in [1.82, 2.24) is 4.90 Å². The number of ether oxygens (including phenoxy) is 1. The highest BCUT2D eigenvalue weighted by atomic mass is 16.6. The molecular formula is C11H20N2O3. The monoisotopic (exact) mass is 228 g/mol. The predicted molar refractivity (Wildman–Crippen MR) is 61.1 cm³/mol. The Morgan fingerprint density at radius 1 is 1.44 bits per heavy atom. The number of hydrogen-bond donors (Lipinski definition) is 0. The Bertz CT molecular complexity index is 275. The molecule has 92 valence electrons. The van der Waals surface area contributed by atoms with E-state index in [4.69, 9.17) is 4.74 Å². The Hall–Kier alpha value is -1.35. The summed E-state index contributed by atoms with van der Waals surface area (Å²) in [5.41, 5.74) is -0.516. The van der Waals surface area contributed by atoms with Gasteiger partial charge in [-0.1, -0.05) is 0 Å². The number of aliphatic imine (C=N–C) groups is 1. The van der Waals surface area contributed by atoms with E-state index in [0.29, 0.717) is 6.54 Å². The second kappa shape index (κ2) is 6.28. The summed E-state index contributed by atoms with van der Waals surface area (Å²) >= 11 is 0. The molecule has 0 spiro atoms. The maximum absolute atomic E-state index is 11.8. The van der Waals surface area contributed by atoms with E-state index in [0.717, 1.165) is 0 Å². The Morgan fingerprint density at radius 2 is 2.00 bits per heavy atom. The van der Waals surface area contributed by atoms with Gasteiger partial charge in [-0.05, 0) is 34.6 Å². The highest BCUT2D eigenvalue weighted by Gasteiger charge is 2.23. The minimum Gasteiger partial charge on any atom is -0.444 e. The van der Waals surface area contributed by atoms with E-state index < -0.39 is 5.60 Å². The minimum absolute atomic E-state index is 0.0108. The third kappa shape index (κ3) is 6.19. The van der Waals surface area contributed by atoms with Crippen molar-refractivity contribution in [2.45, 2.75) is 46.3 Å². The molecule has 0 radical (unpaired) electrons. The van der Waals surface area contributed by atoms with Gasteiger partial charge in [-0.3, -0.25) is 0 Å². The summed E-state index contributed by atoms with van der Waals surface area (Å²) in [4.78, 5) is 26.6. The van der Waals surface area contributed by atoms with Crippen molar-refractivity contribution in [3.05, 3.63) is 0 Å². The van der Waals surface area contributed by atoms with Crippen LogP contribution in [0.1, 0.15) is 34.6 Å². The molecule has 5 nitrogen and oxygen atoms in total. The molecule has 0 N–H and O–H groups in total. The molecule has 16 heavy (non-hydrogen) atoms. The first-order valence-corrected chi connectivity index (χ1v) is 5.31. The zero-order valence-electron chi connectivity index (χ0n) is 10.6. The van der Waals surface area contributed by atoms with Crippen LogP contribution in [-0.4, -0.2) is 41.8 Å². The van der Waals surface area contributed by atoms with Gasteiger partial charge in [0.1, 0.15) is 5.60 Å². The molecule has 0 saturated carbocycles. The predicted octanol–water partition coefficient (Wildman–Crippen LogP) is 1.97. The molecule has 0 heterocycles. The standard InChI is InChI=1S/C11H20N2O3/c1-9(2)13(7-6-12-8-14)10(15)16-11(3,4)5/h9H,6-7H2,1-5H3. The van der Waals surface area contributed by atoms with Gasteiger partial charge in [-0.15, -0.1) is 0 Å². The molecular weight excluding hydrogens is 208 g/mol. The zero-order valence-corrected chi connectivity index (χ0v) is 10.6. The van der Waals surface area contributed by atoms with Crippen molar-refractivity contribution in [3.8, 4) is 0 Å². The quantitative estimate of drug-likeness (QED) is 0.546. The van der Waals surface area contributed by atoms with E-state index in [1.165, 1.54) is 11.0 Å². The Kier molecular flexibility index (Phi) is 5.75. The molecule has 0 aliphatic rings. The van der Waals surface area contributed by atoms with Crippen LogP contribution in [0.2, 0.25) is 0 Å². The van der Waals surface area contributed by atoms with Crippen LogP contribution in [0.5, 0.6) is 0 Å². The van der Waals surface area contributed by atoms with Crippen molar-refractivity contribution >= 4 is 12.2 Å². The fourth-order valence-electron chi connectivity index (χ4n) is 1.08. The topological polar surface area (TPSA) is 59.0 Å². The van der Waals surface area contributed by atoms with Gasteiger partial charge in [0.2, 0.25) is 6.08 Å². The van der Waals surface area contributed by atoms with Gasteiger partial charge in [0.15, 0.2) is 0 Å². The summed E-state index contributed by atoms with van der Waals surface area (Å²) in [6.45, 7) is 9.82. The SMILES string of the molecule is CC(C)N(CCN=C=O)C(=O)OC(C)(C)C. The lowest BCUT2D eigenvalue weighted by molar-refractivity contribution is 0.0198. The second-order valence-electron chi connectivity index (χ2n) is 4.74. The van der Waals surface area contributed by atoms with Crippen LogP contribution >= 0.6 is 0 Å². The fourth-order valence-corrected chi connectivity index (χ4v) is 1.08. The number of rotatable bonds is 4. The molecule has 0 bridgehead atoms. The highest BCUT2D eigenvalue weighted by molar-refractivity contribution is 5.68. The first-order chi connectivity index (χ1) is 7.28. The van der Waals surface area contributed by atoms with E-state index in [1.807, 2.05) is 34.6 Å². The number of carbonyl (C=O) groups is 1. The summed E-state index contributed by atoms with van der Waals surface area (Å²) in [6.07, 6.45) is 1.06. The van der Waals surface area contributed by atoms with Crippen molar-refractivity contribution in [3.63, 3.8) is 0 Å². The van der Waals surface area contributed by atoms with Gasteiger partial charge in [-0.25, -0.2) is 14.6 Å². The molecule has 1 amide bonds. The number of hydrogen-bond acceptors (Lipinski definition) is 4. The van der Waals surface area contributed by atoms with Crippen molar-refractivity contribution in [2.75, 3.05) is 13.1 Å². The third-order valence-corrected chi connectivity index (χ3v) is 1.77. The van der Waals surface area contributed by atoms with Crippen LogP contribution in [0, 0.1) is 0 Å². The molecule has 5 heteroatoms. The average molecular weight is 228 g/mol. The van der Waals surface area contributed by atoms with Gasteiger partial charge in [0, 0.05) is 12.6 Å². The number of isocyanates is 1. The van der Waals surface area contributed by atoms with Crippen LogP contribution in [0.15, 0.2) is 4.99 Å². The Labute approximate surface area is 96.5 Å².